The normalized spacial score (nSPS) is 21.4. The summed E-state index contributed by atoms with van der Waals surface area (Å²) in [7, 11) is 1.62. The summed E-state index contributed by atoms with van der Waals surface area (Å²) in [4.78, 5) is 28.7. The molecule has 1 heterocycles. The molecular weight excluding hydrogens is 429 g/mol. The molecule has 0 unspecified atom stereocenters. The third-order valence-corrected chi connectivity index (χ3v) is 6.47. The van der Waals surface area contributed by atoms with Gasteiger partial charge in [-0.25, -0.2) is 4.39 Å². The Bertz CT molecular complexity index is 1160. The van der Waals surface area contributed by atoms with Gasteiger partial charge in [0.25, 0.3) is 5.91 Å². The average molecular weight is 458 g/mol. The second kappa shape index (κ2) is 10.5. The van der Waals surface area contributed by atoms with Crippen molar-refractivity contribution in [1.29, 1.82) is 0 Å². The highest BCUT2D eigenvalue weighted by molar-refractivity contribution is 5.98. The summed E-state index contributed by atoms with van der Waals surface area (Å²) in [5.74, 6) is -0.356. The van der Waals surface area contributed by atoms with Crippen LogP contribution >= 0.6 is 0 Å². The molecule has 4 nitrogen and oxygen atoms in total. The Kier molecular flexibility index (Phi) is 7.21. The highest BCUT2D eigenvalue weighted by Crippen LogP contribution is 2.34. The molecule has 5 heteroatoms. The number of amides is 1. The van der Waals surface area contributed by atoms with Crippen LogP contribution in [0, 0.1) is 11.7 Å². The minimum atomic E-state index is -0.608. The van der Waals surface area contributed by atoms with Gasteiger partial charge in [-0.3, -0.25) is 9.59 Å². The van der Waals surface area contributed by atoms with Crippen molar-refractivity contribution < 1.29 is 18.7 Å². The molecule has 0 radical (unpaired) electrons. The number of methoxy groups -OCH3 is 1. The van der Waals surface area contributed by atoms with Crippen molar-refractivity contribution in [2.75, 3.05) is 13.7 Å². The molecule has 0 saturated carbocycles. The van der Waals surface area contributed by atoms with Crippen molar-refractivity contribution in [1.82, 2.24) is 4.90 Å². The van der Waals surface area contributed by atoms with Crippen molar-refractivity contribution in [2.45, 2.75) is 25.3 Å². The van der Waals surface area contributed by atoms with Gasteiger partial charge in [-0.15, -0.1) is 0 Å². The Morgan fingerprint density at radius 2 is 1.68 bits per heavy atom. The number of benzene rings is 3. The second-order valence-corrected chi connectivity index (χ2v) is 8.57. The molecule has 0 N–H and O–H groups in total. The van der Waals surface area contributed by atoms with Gasteiger partial charge in [-0.2, -0.15) is 0 Å². The summed E-state index contributed by atoms with van der Waals surface area (Å²) in [5.41, 5.74) is 2.42. The maximum atomic E-state index is 13.9. The van der Waals surface area contributed by atoms with Gasteiger partial charge in [0.05, 0.1) is 13.2 Å². The summed E-state index contributed by atoms with van der Waals surface area (Å²) in [6.45, 7) is 2.14. The Morgan fingerprint density at radius 3 is 2.32 bits per heavy atom. The van der Waals surface area contributed by atoms with E-state index in [0.717, 1.165) is 16.9 Å². The van der Waals surface area contributed by atoms with Crippen LogP contribution in [0.2, 0.25) is 0 Å². The Morgan fingerprint density at radius 1 is 1.00 bits per heavy atom. The molecule has 0 fully saturated rings. The summed E-state index contributed by atoms with van der Waals surface area (Å²) in [6, 6.07) is 22.4. The number of Topliss-reactive ketones (excluding diaryl/α,β-unsaturated/α-hetero) is 1. The van der Waals surface area contributed by atoms with E-state index < -0.39 is 12.0 Å². The number of rotatable bonds is 5. The van der Waals surface area contributed by atoms with E-state index in [2.05, 4.69) is 0 Å². The van der Waals surface area contributed by atoms with E-state index in [1.807, 2.05) is 54.6 Å². The van der Waals surface area contributed by atoms with Crippen LogP contribution in [0.5, 0.6) is 5.75 Å². The van der Waals surface area contributed by atoms with E-state index >= 15 is 0 Å². The van der Waals surface area contributed by atoms with Crippen molar-refractivity contribution in [3.05, 3.63) is 114 Å². The number of ether oxygens (including phenoxy) is 1. The zero-order chi connectivity index (χ0) is 24.1. The fraction of sp³-hybridized carbons (Fsp3) is 0.241. The molecule has 4 rings (SSSR count). The lowest BCUT2D eigenvalue weighted by atomic mass is 9.76. The van der Waals surface area contributed by atoms with Gasteiger partial charge in [0.1, 0.15) is 11.6 Å². The van der Waals surface area contributed by atoms with Gasteiger partial charge in [0.2, 0.25) is 0 Å². The average Bonchev–Trinajstić information content (AvgIpc) is 2.88. The van der Waals surface area contributed by atoms with Crippen LogP contribution in [-0.2, 0) is 11.2 Å². The van der Waals surface area contributed by atoms with Crippen LogP contribution in [-0.4, -0.2) is 36.3 Å². The van der Waals surface area contributed by atoms with E-state index in [4.69, 9.17) is 4.74 Å². The van der Waals surface area contributed by atoms with Crippen LogP contribution in [0.3, 0.4) is 0 Å². The van der Waals surface area contributed by atoms with E-state index in [9.17, 15) is 14.0 Å². The van der Waals surface area contributed by atoms with Gasteiger partial charge in [0.15, 0.2) is 5.78 Å². The Hall–Kier alpha value is -3.73. The molecule has 1 amide bonds. The minimum Gasteiger partial charge on any atom is -0.497 e. The first-order valence-corrected chi connectivity index (χ1v) is 11.4. The molecule has 34 heavy (non-hydrogen) atoms. The summed E-state index contributed by atoms with van der Waals surface area (Å²) in [5, 5.41) is 0. The number of hydrogen-bond donors (Lipinski definition) is 0. The van der Waals surface area contributed by atoms with E-state index in [1.165, 1.54) is 12.1 Å². The van der Waals surface area contributed by atoms with Crippen LogP contribution < -0.4 is 4.74 Å². The summed E-state index contributed by atoms with van der Waals surface area (Å²) >= 11 is 0. The maximum Gasteiger partial charge on any atom is 0.254 e. The number of allylic oxidation sites excluding steroid dienone is 1. The SMILES string of the molecule is COc1ccc([C@@H]2/C=C\CN(C(=O)c3ccccc3)[C@@H](C)C(=O)[C@H]2Cc2ccc(F)cc2)cc1. The molecular formula is C29H28FNO3. The zero-order valence-corrected chi connectivity index (χ0v) is 19.4. The lowest BCUT2D eigenvalue weighted by Crippen LogP contribution is -2.47. The number of carbonyl (C=O) groups is 2. The van der Waals surface area contributed by atoms with Gasteiger partial charge in [-0.05, 0) is 60.9 Å². The Balaban J connectivity index is 1.71. The number of hydrogen-bond acceptors (Lipinski definition) is 3. The van der Waals surface area contributed by atoms with Crippen molar-refractivity contribution in [2.24, 2.45) is 5.92 Å². The van der Waals surface area contributed by atoms with Gasteiger partial charge in [0, 0.05) is 23.9 Å². The highest BCUT2D eigenvalue weighted by atomic mass is 19.1. The van der Waals surface area contributed by atoms with Crippen LogP contribution in [0.15, 0.2) is 91.0 Å². The van der Waals surface area contributed by atoms with Gasteiger partial charge >= 0.3 is 0 Å². The highest BCUT2D eigenvalue weighted by Gasteiger charge is 2.36. The number of halogens is 1. The number of ketones is 1. The molecule has 0 aliphatic carbocycles. The van der Waals surface area contributed by atoms with Crippen molar-refractivity contribution >= 4 is 11.7 Å². The van der Waals surface area contributed by atoms with Crippen molar-refractivity contribution in [3.63, 3.8) is 0 Å². The summed E-state index contributed by atoms with van der Waals surface area (Å²) < 4.78 is 18.8. The molecule has 0 saturated heterocycles. The molecule has 1 aliphatic heterocycles. The maximum absolute atomic E-state index is 13.9. The quantitative estimate of drug-likeness (QED) is 0.479. The monoisotopic (exact) mass is 457 g/mol. The number of nitrogens with zero attached hydrogens (tertiary/aromatic N) is 1. The van der Waals surface area contributed by atoms with Crippen molar-refractivity contribution in [3.8, 4) is 5.75 Å². The lowest BCUT2D eigenvalue weighted by Gasteiger charge is -2.35. The first-order valence-electron chi connectivity index (χ1n) is 11.4. The molecule has 3 atom stereocenters. The number of carbonyl (C=O) groups excluding carboxylic acids is 2. The van der Waals surface area contributed by atoms with Gasteiger partial charge < -0.3 is 9.64 Å². The molecule has 0 aromatic heterocycles. The smallest absolute Gasteiger partial charge is 0.254 e. The summed E-state index contributed by atoms with van der Waals surface area (Å²) in [6.07, 6.45) is 4.43. The predicted molar refractivity (Wildman–Crippen MR) is 130 cm³/mol. The third-order valence-electron chi connectivity index (χ3n) is 6.47. The first-order chi connectivity index (χ1) is 16.5. The fourth-order valence-corrected chi connectivity index (χ4v) is 4.53. The first kappa shape index (κ1) is 23.4. The molecule has 1 aliphatic rings. The standard InChI is InChI=1S/C29H28FNO3/c1-20-28(32)27(19-21-10-14-24(30)15-11-21)26(22-12-16-25(34-2)17-13-22)9-6-18-31(20)29(33)23-7-4-3-5-8-23/h3-17,20,26-27H,18-19H2,1-2H3/b9-6-/t20-,26-,27-/m0/s1. The predicted octanol–water partition coefficient (Wildman–Crippen LogP) is 5.45. The lowest BCUT2D eigenvalue weighted by molar-refractivity contribution is -0.127. The second-order valence-electron chi connectivity index (χ2n) is 8.57. The Labute approximate surface area is 199 Å². The van der Waals surface area contributed by atoms with Crippen LogP contribution in [0.1, 0.15) is 34.3 Å². The molecule has 3 aromatic rings. The fourth-order valence-electron chi connectivity index (χ4n) is 4.53. The molecule has 0 bridgehead atoms. The van der Waals surface area contributed by atoms with Crippen LogP contribution in [0.25, 0.3) is 0 Å². The minimum absolute atomic E-state index is 0.0150. The molecule has 0 spiro atoms. The van der Waals surface area contributed by atoms with Crippen LogP contribution in [0.4, 0.5) is 4.39 Å². The van der Waals surface area contributed by atoms with Gasteiger partial charge in [-0.1, -0.05) is 54.6 Å². The molecule has 3 aromatic carbocycles. The zero-order valence-electron chi connectivity index (χ0n) is 19.4. The van der Waals surface area contributed by atoms with E-state index in [-0.39, 0.29) is 23.4 Å². The van der Waals surface area contributed by atoms with E-state index in [0.29, 0.717) is 18.5 Å². The largest absolute Gasteiger partial charge is 0.497 e. The third kappa shape index (κ3) is 5.09. The topological polar surface area (TPSA) is 46.6 Å². The van der Waals surface area contributed by atoms with E-state index in [1.54, 1.807) is 43.2 Å². The molecule has 174 valence electrons.